The van der Waals surface area contributed by atoms with Crippen LogP contribution in [0.2, 0.25) is 0 Å². The van der Waals surface area contributed by atoms with Crippen LogP contribution in [0, 0.1) is 19.8 Å². The highest BCUT2D eigenvalue weighted by Crippen LogP contribution is 2.19. The lowest BCUT2D eigenvalue weighted by Gasteiger charge is -2.32. The van der Waals surface area contributed by atoms with Gasteiger partial charge in [0.25, 0.3) is 0 Å². The maximum Gasteiger partial charge on any atom is 0.235 e. The number of carbonyl (C=O) groups is 3. The lowest BCUT2D eigenvalue weighted by Crippen LogP contribution is -2.44. The number of aryl methyl sites for hydroxylation is 2. The average Bonchev–Trinajstić information content (AvgIpc) is 3.12. The zero-order chi connectivity index (χ0) is 21.5. The summed E-state index contributed by atoms with van der Waals surface area (Å²) >= 11 is 1.23. The second kappa shape index (κ2) is 10.2. The Bertz CT molecular complexity index is 916. The fourth-order valence-electron chi connectivity index (χ4n) is 3.19. The van der Waals surface area contributed by atoms with Crippen molar-refractivity contribution in [2.75, 3.05) is 35.2 Å². The number of anilines is 2. The van der Waals surface area contributed by atoms with E-state index in [2.05, 4.69) is 20.8 Å². The number of nitrogens with one attached hydrogen (secondary N) is 2. The molecule has 0 radical (unpaired) electrons. The second-order valence-corrected chi connectivity index (χ2v) is 8.18. The largest absolute Gasteiger partial charge is 0.360 e. The Morgan fingerprint density at radius 1 is 1.20 bits per heavy atom. The summed E-state index contributed by atoms with van der Waals surface area (Å²) in [5, 5.41) is 9.15. The molecule has 160 valence electrons. The molecule has 0 saturated carbocycles. The first kappa shape index (κ1) is 21.8. The van der Waals surface area contributed by atoms with Crippen molar-refractivity contribution in [3.63, 3.8) is 0 Å². The van der Waals surface area contributed by atoms with Crippen molar-refractivity contribution in [1.29, 1.82) is 0 Å². The number of aromatic nitrogens is 2. The molecule has 2 aromatic heterocycles. The van der Waals surface area contributed by atoms with Crippen molar-refractivity contribution in [2.45, 2.75) is 26.7 Å². The molecule has 0 aliphatic carbocycles. The lowest BCUT2D eigenvalue weighted by molar-refractivity contribution is -0.132. The molecule has 1 atom stereocenters. The molecule has 10 heteroatoms. The molecule has 0 spiro atoms. The number of carbonyl (C=O) groups excluding carboxylic acids is 3. The van der Waals surface area contributed by atoms with Crippen LogP contribution in [0.5, 0.6) is 0 Å². The highest BCUT2D eigenvalue weighted by molar-refractivity contribution is 8.00. The maximum absolute atomic E-state index is 12.6. The summed E-state index contributed by atoms with van der Waals surface area (Å²) in [6.07, 6.45) is 1.50. The van der Waals surface area contributed by atoms with Crippen LogP contribution in [-0.4, -0.2) is 57.4 Å². The number of rotatable bonds is 7. The molecule has 3 amide bonds. The van der Waals surface area contributed by atoms with Crippen LogP contribution in [0.1, 0.15) is 24.3 Å². The van der Waals surface area contributed by atoms with Crippen molar-refractivity contribution in [1.82, 2.24) is 15.0 Å². The van der Waals surface area contributed by atoms with Gasteiger partial charge >= 0.3 is 0 Å². The zero-order valence-electron chi connectivity index (χ0n) is 17.0. The fraction of sp³-hybridized carbons (Fsp3) is 0.450. The molecule has 2 N–H and O–H groups in total. The molecule has 1 saturated heterocycles. The molecular formula is C20H25N5O4S. The van der Waals surface area contributed by atoms with Crippen molar-refractivity contribution in [3.05, 3.63) is 35.7 Å². The molecule has 2 aromatic rings. The summed E-state index contributed by atoms with van der Waals surface area (Å²) in [6, 6.07) is 7.07. The molecule has 1 aliphatic heterocycles. The van der Waals surface area contributed by atoms with Gasteiger partial charge in [-0.15, -0.1) is 11.8 Å². The zero-order valence-corrected chi connectivity index (χ0v) is 17.8. The minimum atomic E-state index is -0.270. The van der Waals surface area contributed by atoms with Gasteiger partial charge in [-0.3, -0.25) is 14.4 Å². The monoisotopic (exact) mass is 431 g/mol. The number of hydrogen-bond acceptors (Lipinski definition) is 7. The van der Waals surface area contributed by atoms with Gasteiger partial charge in [0.15, 0.2) is 5.82 Å². The number of amides is 3. The third kappa shape index (κ3) is 6.31. The smallest absolute Gasteiger partial charge is 0.235 e. The topological polar surface area (TPSA) is 117 Å². The maximum atomic E-state index is 12.6. The van der Waals surface area contributed by atoms with Gasteiger partial charge in [0.1, 0.15) is 11.6 Å². The van der Waals surface area contributed by atoms with Gasteiger partial charge in [0.05, 0.1) is 17.4 Å². The fourth-order valence-corrected chi connectivity index (χ4v) is 3.90. The van der Waals surface area contributed by atoms with Gasteiger partial charge in [-0.1, -0.05) is 11.2 Å². The van der Waals surface area contributed by atoms with Gasteiger partial charge in [-0.2, -0.15) is 0 Å². The lowest BCUT2D eigenvalue weighted by atomic mass is 9.97. The van der Waals surface area contributed by atoms with Crippen LogP contribution >= 0.6 is 11.8 Å². The molecule has 1 unspecified atom stereocenters. The standard InChI is InChI=1S/C20H25N5O4S/c1-13-5-3-7-16(21-13)23-20(28)15-6-4-8-25(10-15)19(27)12-30-11-18(26)22-17-9-14(2)29-24-17/h3,5,7,9,15H,4,6,8,10-12H2,1-2H3,(H,21,23,28)(H,22,24,26). The quantitative estimate of drug-likeness (QED) is 0.690. The Hall–Kier alpha value is -2.88. The SMILES string of the molecule is Cc1cccc(NC(=O)C2CCCN(C(=O)CSCC(=O)Nc3cc(C)on3)C2)n1. The van der Waals surface area contributed by atoms with E-state index in [0.29, 0.717) is 30.5 Å². The minimum Gasteiger partial charge on any atom is -0.360 e. The van der Waals surface area contributed by atoms with Gasteiger partial charge < -0.3 is 20.1 Å². The van der Waals surface area contributed by atoms with E-state index in [-0.39, 0.29) is 35.1 Å². The molecule has 30 heavy (non-hydrogen) atoms. The third-order valence-electron chi connectivity index (χ3n) is 4.64. The van der Waals surface area contributed by atoms with Crippen LogP contribution in [-0.2, 0) is 14.4 Å². The average molecular weight is 432 g/mol. The molecular weight excluding hydrogens is 406 g/mol. The number of pyridine rings is 1. The molecule has 0 bridgehead atoms. The summed E-state index contributed by atoms with van der Waals surface area (Å²) in [5.74, 6) is 1.08. The first-order valence-electron chi connectivity index (χ1n) is 9.74. The summed E-state index contributed by atoms with van der Waals surface area (Å²) in [5.41, 5.74) is 0.827. The van der Waals surface area contributed by atoms with Gasteiger partial charge in [0.2, 0.25) is 17.7 Å². The summed E-state index contributed by atoms with van der Waals surface area (Å²) in [7, 11) is 0. The predicted octanol–water partition coefficient (Wildman–Crippen LogP) is 2.24. The molecule has 9 nitrogen and oxygen atoms in total. The van der Waals surface area contributed by atoms with Gasteiger partial charge in [-0.25, -0.2) is 4.98 Å². The van der Waals surface area contributed by atoms with E-state index >= 15 is 0 Å². The van der Waals surface area contributed by atoms with Crippen molar-refractivity contribution in [3.8, 4) is 0 Å². The van der Waals surface area contributed by atoms with Crippen molar-refractivity contribution < 1.29 is 18.9 Å². The van der Waals surface area contributed by atoms with E-state index in [9.17, 15) is 14.4 Å². The molecule has 0 aromatic carbocycles. The van der Waals surface area contributed by atoms with E-state index in [0.717, 1.165) is 18.5 Å². The van der Waals surface area contributed by atoms with E-state index in [4.69, 9.17) is 4.52 Å². The molecule has 3 rings (SSSR count). The van der Waals surface area contributed by atoms with E-state index in [1.807, 2.05) is 19.1 Å². The van der Waals surface area contributed by atoms with E-state index in [1.165, 1.54) is 11.8 Å². The minimum absolute atomic E-state index is 0.0729. The van der Waals surface area contributed by atoms with E-state index in [1.54, 1.807) is 24.0 Å². The number of hydrogen-bond donors (Lipinski definition) is 2. The van der Waals surface area contributed by atoms with Crippen LogP contribution in [0.25, 0.3) is 0 Å². The van der Waals surface area contributed by atoms with Crippen LogP contribution in [0.4, 0.5) is 11.6 Å². The summed E-state index contributed by atoms with van der Waals surface area (Å²) < 4.78 is 4.89. The Morgan fingerprint density at radius 3 is 2.77 bits per heavy atom. The van der Waals surface area contributed by atoms with Crippen molar-refractivity contribution >= 4 is 41.1 Å². The van der Waals surface area contributed by atoms with Gasteiger partial charge in [-0.05, 0) is 38.8 Å². The number of thioether (sulfide) groups is 1. The van der Waals surface area contributed by atoms with E-state index < -0.39 is 0 Å². The Labute approximate surface area is 179 Å². The predicted molar refractivity (Wildman–Crippen MR) is 114 cm³/mol. The number of piperidine rings is 1. The number of likely N-dealkylation sites (tertiary alicyclic amines) is 1. The highest BCUT2D eigenvalue weighted by Gasteiger charge is 2.28. The van der Waals surface area contributed by atoms with Crippen LogP contribution in [0.15, 0.2) is 28.8 Å². The van der Waals surface area contributed by atoms with Crippen molar-refractivity contribution in [2.24, 2.45) is 5.92 Å². The highest BCUT2D eigenvalue weighted by atomic mass is 32.2. The third-order valence-corrected chi connectivity index (χ3v) is 5.56. The summed E-state index contributed by atoms with van der Waals surface area (Å²) in [6.45, 7) is 4.60. The Morgan fingerprint density at radius 2 is 2.03 bits per heavy atom. The van der Waals surface area contributed by atoms with Gasteiger partial charge in [0, 0.05) is 24.8 Å². The first-order chi connectivity index (χ1) is 14.4. The second-order valence-electron chi connectivity index (χ2n) is 7.20. The number of nitrogens with zero attached hydrogens (tertiary/aromatic N) is 3. The Balaban J connectivity index is 1.42. The molecule has 1 fully saturated rings. The normalized spacial score (nSPS) is 16.2. The Kier molecular flexibility index (Phi) is 7.45. The first-order valence-corrected chi connectivity index (χ1v) is 10.9. The molecule has 1 aliphatic rings. The molecule has 3 heterocycles. The summed E-state index contributed by atoms with van der Waals surface area (Å²) in [4.78, 5) is 43.0. The van der Waals surface area contributed by atoms with Crippen LogP contribution in [0.3, 0.4) is 0 Å². The van der Waals surface area contributed by atoms with Crippen LogP contribution < -0.4 is 10.6 Å².